The molecule has 1 aromatic heterocycles. The largest absolute Gasteiger partial charge is 0.458 e. The summed E-state index contributed by atoms with van der Waals surface area (Å²) >= 11 is 1.07. The first kappa shape index (κ1) is 15.1. The van der Waals surface area contributed by atoms with Crippen LogP contribution in [0.15, 0.2) is 11.0 Å². The second-order valence-corrected chi connectivity index (χ2v) is 7.22. The van der Waals surface area contributed by atoms with Crippen molar-refractivity contribution in [3.05, 3.63) is 15.8 Å². The molecule has 5 nitrogen and oxygen atoms in total. The van der Waals surface area contributed by atoms with E-state index in [9.17, 15) is 13.2 Å². The molecule has 0 aliphatic carbocycles. The van der Waals surface area contributed by atoms with Crippen LogP contribution in [0.1, 0.15) is 35.3 Å². The molecule has 1 heterocycles. The zero-order valence-corrected chi connectivity index (χ0v) is 12.4. The van der Waals surface area contributed by atoms with Gasteiger partial charge in [-0.15, -0.1) is 11.3 Å². The van der Waals surface area contributed by atoms with Crippen LogP contribution in [0.3, 0.4) is 0 Å². The highest BCUT2D eigenvalue weighted by Gasteiger charge is 2.21. The van der Waals surface area contributed by atoms with Crippen LogP contribution in [0, 0.1) is 12.8 Å². The summed E-state index contributed by atoms with van der Waals surface area (Å²) in [7, 11) is -3.79. The Morgan fingerprint density at radius 1 is 1.39 bits per heavy atom. The minimum Gasteiger partial charge on any atom is -0.458 e. The van der Waals surface area contributed by atoms with E-state index in [-0.39, 0.29) is 21.8 Å². The lowest BCUT2D eigenvalue weighted by Crippen LogP contribution is -2.19. The minimum atomic E-state index is -3.79. The van der Waals surface area contributed by atoms with Crippen LogP contribution in [0.4, 0.5) is 0 Å². The number of aryl methyl sites for hydroxylation is 1. The van der Waals surface area contributed by atoms with Crippen molar-refractivity contribution in [3.8, 4) is 0 Å². The van der Waals surface area contributed by atoms with E-state index in [0.29, 0.717) is 4.88 Å². The molecular formula is C11H17NO4S2. The summed E-state index contributed by atoms with van der Waals surface area (Å²) in [6.07, 6.45) is -0.224. The highest BCUT2D eigenvalue weighted by molar-refractivity contribution is 7.89. The molecule has 2 N–H and O–H groups in total. The number of sulfonamides is 1. The van der Waals surface area contributed by atoms with Crippen LogP contribution in [-0.2, 0) is 14.8 Å². The normalized spacial score (nSPS) is 13.7. The number of carbonyl (C=O) groups excluding carboxylic acids is 1. The number of hydrogen-bond donors (Lipinski definition) is 1. The molecule has 1 aromatic rings. The number of esters is 1. The van der Waals surface area contributed by atoms with Gasteiger partial charge in [-0.2, -0.15) is 0 Å². The first-order valence-corrected chi connectivity index (χ1v) is 7.83. The molecule has 0 amide bonds. The van der Waals surface area contributed by atoms with Crippen LogP contribution in [-0.4, -0.2) is 20.5 Å². The predicted molar refractivity (Wildman–Crippen MR) is 70.1 cm³/mol. The van der Waals surface area contributed by atoms with Crippen molar-refractivity contribution in [1.29, 1.82) is 0 Å². The molecule has 1 rings (SSSR count). The molecule has 102 valence electrons. The molecule has 0 fully saturated rings. The van der Waals surface area contributed by atoms with Crippen LogP contribution in [0.5, 0.6) is 0 Å². The van der Waals surface area contributed by atoms with E-state index in [0.717, 1.165) is 11.3 Å². The lowest BCUT2D eigenvalue weighted by Gasteiger charge is -2.15. The minimum absolute atomic E-state index is 0.0170. The molecule has 0 aromatic carbocycles. The number of nitrogens with two attached hydrogens (primary N) is 1. The summed E-state index contributed by atoms with van der Waals surface area (Å²) in [5, 5.41) is 5.05. The van der Waals surface area contributed by atoms with E-state index in [1.807, 2.05) is 13.8 Å². The zero-order chi connectivity index (χ0) is 14.1. The SMILES string of the molecule is Cc1sc(C(=O)OC(C)C(C)C)cc1S(N)(=O)=O. The highest BCUT2D eigenvalue weighted by atomic mass is 32.2. The van der Waals surface area contributed by atoms with Crippen LogP contribution in [0.2, 0.25) is 0 Å². The maximum atomic E-state index is 11.8. The Morgan fingerprint density at radius 2 is 1.94 bits per heavy atom. The molecule has 0 spiro atoms. The van der Waals surface area contributed by atoms with Crippen molar-refractivity contribution in [2.75, 3.05) is 0 Å². The number of primary sulfonamides is 1. The summed E-state index contributed by atoms with van der Waals surface area (Å²) in [6.45, 7) is 7.28. The van der Waals surface area contributed by atoms with Gasteiger partial charge in [-0.3, -0.25) is 0 Å². The Morgan fingerprint density at radius 3 is 2.33 bits per heavy atom. The smallest absolute Gasteiger partial charge is 0.348 e. The average Bonchev–Trinajstić information content (AvgIpc) is 2.59. The molecule has 0 aliphatic heterocycles. The quantitative estimate of drug-likeness (QED) is 0.858. The maximum Gasteiger partial charge on any atom is 0.348 e. The van der Waals surface area contributed by atoms with Crippen molar-refractivity contribution in [1.82, 2.24) is 0 Å². The monoisotopic (exact) mass is 291 g/mol. The number of hydrogen-bond acceptors (Lipinski definition) is 5. The Labute approximate surface area is 111 Å². The Balaban J connectivity index is 2.96. The topological polar surface area (TPSA) is 86.5 Å². The third kappa shape index (κ3) is 3.54. The van der Waals surface area contributed by atoms with Crippen LogP contribution >= 0.6 is 11.3 Å². The van der Waals surface area contributed by atoms with Crippen molar-refractivity contribution >= 4 is 27.3 Å². The Kier molecular flexibility index (Phi) is 4.52. The summed E-state index contributed by atoms with van der Waals surface area (Å²) < 4.78 is 27.7. The van der Waals surface area contributed by atoms with Gasteiger partial charge in [0.25, 0.3) is 0 Å². The van der Waals surface area contributed by atoms with E-state index in [1.165, 1.54) is 6.07 Å². The van der Waals surface area contributed by atoms with Crippen molar-refractivity contribution in [2.24, 2.45) is 11.1 Å². The molecule has 18 heavy (non-hydrogen) atoms. The zero-order valence-electron chi connectivity index (χ0n) is 10.8. The van der Waals surface area contributed by atoms with Gasteiger partial charge in [-0.25, -0.2) is 18.4 Å². The van der Waals surface area contributed by atoms with Gasteiger partial charge in [0.05, 0.1) is 4.90 Å². The van der Waals surface area contributed by atoms with Gasteiger partial charge in [0, 0.05) is 4.88 Å². The molecule has 0 aliphatic rings. The molecule has 7 heteroatoms. The number of carbonyl (C=O) groups is 1. The lowest BCUT2D eigenvalue weighted by atomic mass is 10.1. The molecule has 0 bridgehead atoms. The third-order valence-corrected chi connectivity index (χ3v) is 4.81. The summed E-state index contributed by atoms with van der Waals surface area (Å²) in [6, 6.07) is 1.27. The van der Waals surface area contributed by atoms with Gasteiger partial charge < -0.3 is 4.74 Å². The van der Waals surface area contributed by atoms with Crippen molar-refractivity contribution < 1.29 is 17.9 Å². The van der Waals surface area contributed by atoms with Crippen LogP contribution in [0.25, 0.3) is 0 Å². The van der Waals surface area contributed by atoms with Gasteiger partial charge in [0.15, 0.2) is 0 Å². The van der Waals surface area contributed by atoms with E-state index in [4.69, 9.17) is 9.88 Å². The van der Waals surface area contributed by atoms with E-state index >= 15 is 0 Å². The Hall–Kier alpha value is -0.920. The van der Waals surface area contributed by atoms with Crippen molar-refractivity contribution in [3.63, 3.8) is 0 Å². The van der Waals surface area contributed by atoms with E-state index in [1.54, 1.807) is 13.8 Å². The van der Waals surface area contributed by atoms with Crippen molar-refractivity contribution in [2.45, 2.75) is 38.7 Å². The van der Waals surface area contributed by atoms with Gasteiger partial charge in [-0.05, 0) is 25.8 Å². The molecule has 0 radical (unpaired) electrons. The summed E-state index contributed by atoms with van der Waals surface area (Å²) in [5.74, 6) is -0.313. The summed E-state index contributed by atoms with van der Waals surface area (Å²) in [5.41, 5.74) is 0. The molecule has 1 atom stereocenters. The molecule has 0 saturated heterocycles. The Bertz CT molecular complexity index is 545. The average molecular weight is 291 g/mol. The maximum absolute atomic E-state index is 11.8. The fourth-order valence-electron chi connectivity index (χ4n) is 1.21. The highest BCUT2D eigenvalue weighted by Crippen LogP contribution is 2.26. The van der Waals surface area contributed by atoms with E-state index in [2.05, 4.69) is 0 Å². The predicted octanol–water partition coefficient (Wildman–Crippen LogP) is 1.91. The fraction of sp³-hybridized carbons (Fsp3) is 0.545. The van der Waals surface area contributed by atoms with Gasteiger partial charge in [0.1, 0.15) is 11.0 Å². The van der Waals surface area contributed by atoms with Gasteiger partial charge in [-0.1, -0.05) is 13.8 Å². The first-order chi connectivity index (χ1) is 8.12. The van der Waals surface area contributed by atoms with E-state index < -0.39 is 16.0 Å². The van der Waals surface area contributed by atoms with Crippen LogP contribution < -0.4 is 5.14 Å². The third-order valence-electron chi connectivity index (χ3n) is 2.61. The standard InChI is InChI=1S/C11H17NO4S2/c1-6(2)7(3)16-11(13)9-5-10(8(4)17-9)18(12,14)15/h5-7H,1-4H3,(H2,12,14,15). The number of rotatable bonds is 4. The van der Waals surface area contributed by atoms with Gasteiger partial charge in [0.2, 0.25) is 10.0 Å². The fourth-order valence-corrected chi connectivity index (χ4v) is 3.24. The second-order valence-electron chi connectivity index (χ2n) is 4.43. The molecule has 1 unspecified atom stereocenters. The lowest BCUT2D eigenvalue weighted by molar-refractivity contribution is 0.0243. The van der Waals surface area contributed by atoms with Gasteiger partial charge >= 0.3 is 5.97 Å². The molecule has 0 saturated carbocycles. The first-order valence-electron chi connectivity index (χ1n) is 5.47. The molecular weight excluding hydrogens is 274 g/mol. The summed E-state index contributed by atoms with van der Waals surface area (Å²) in [4.78, 5) is 12.5. The number of ether oxygens (including phenoxy) is 1. The second kappa shape index (κ2) is 5.38. The number of thiophene rings is 1.